The van der Waals surface area contributed by atoms with Gasteiger partial charge in [0.2, 0.25) is 0 Å². The Morgan fingerprint density at radius 3 is 2.46 bits per heavy atom. The van der Waals surface area contributed by atoms with Crippen molar-refractivity contribution >= 4 is 5.69 Å². The lowest BCUT2D eigenvalue weighted by Crippen LogP contribution is -2.34. The lowest BCUT2D eigenvalue weighted by Gasteiger charge is -2.22. The summed E-state index contributed by atoms with van der Waals surface area (Å²) in [6.45, 7) is 4.12. The van der Waals surface area contributed by atoms with Crippen molar-refractivity contribution in [2.75, 3.05) is 11.7 Å². The first-order chi connectivity index (χ1) is 12.3. The zero-order chi connectivity index (χ0) is 18.7. The molecule has 2 heterocycles. The fraction of sp³-hybridized carbons (Fsp3) is 0.375. The van der Waals surface area contributed by atoms with E-state index in [1.54, 1.807) is 18.3 Å². The Morgan fingerprint density at radius 2 is 1.88 bits per heavy atom. The summed E-state index contributed by atoms with van der Waals surface area (Å²) in [5.74, 6) is 1.38. The SMILES string of the molecule is Cc1cc(N2C=CN(C(F)(F)F)O2)cc(C)c1OCCCc1cnno1. The molecule has 10 heteroatoms. The van der Waals surface area contributed by atoms with Crippen LogP contribution in [0.25, 0.3) is 0 Å². The molecule has 0 fully saturated rings. The molecule has 1 aromatic heterocycles. The standard InChI is InChI=1S/C16H17F3N4O3/c1-11-8-13(22-5-6-23(26-22)16(17,18)19)9-12(2)15(11)24-7-3-4-14-10-20-21-25-14/h5-6,8-10H,3-4,7H2,1-2H3. The maximum atomic E-state index is 12.6. The third-order valence-corrected chi connectivity index (χ3v) is 3.68. The van der Waals surface area contributed by atoms with Crippen LogP contribution in [-0.4, -0.2) is 28.3 Å². The molecule has 0 atom stereocenters. The molecule has 1 aliphatic heterocycles. The fourth-order valence-corrected chi connectivity index (χ4v) is 2.54. The molecule has 0 aliphatic carbocycles. The van der Waals surface area contributed by atoms with Crippen molar-refractivity contribution in [1.82, 2.24) is 15.4 Å². The van der Waals surface area contributed by atoms with Crippen LogP contribution in [0.15, 0.2) is 35.3 Å². The molecule has 26 heavy (non-hydrogen) atoms. The number of ether oxygens (including phenoxy) is 1. The maximum absolute atomic E-state index is 12.6. The lowest BCUT2D eigenvalue weighted by atomic mass is 10.1. The number of hydrogen-bond donors (Lipinski definition) is 0. The molecule has 1 aromatic carbocycles. The molecule has 0 amide bonds. The van der Waals surface area contributed by atoms with Crippen molar-refractivity contribution in [2.24, 2.45) is 0 Å². The van der Waals surface area contributed by atoms with Crippen LogP contribution < -0.4 is 9.80 Å². The predicted molar refractivity (Wildman–Crippen MR) is 84.6 cm³/mol. The number of aromatic nitrogens is 2. The van der Waals surface area contributed by atoms with Gasteiger partial charge < -0.3 is 9.26 Å². The van der Waals surface area contributed by atoms with E-state index in [1.165, 1.54) is 6.20 Å². The first kappa shape index (κ1) is 18.1. The second-order valence-corrected chi connectivity index (χ2v) is 5.74. The Labute approximate surface area is 147 Å². The number of hydrogen-bond acceptors (Lipinski definition) is 7. The molecule has 0 saturated heterocycles. The van der Waals surface area contributed by atoms with Gasteiger partial charge in [0.1, 0.15) is 5.75 Å². The van der Waals surface area contributed by atoms with Crippen molar-refractivity contribution in [1.29, 1.82) is 0 Å². The smallest absolute Gasteiger partial charge is 0.493 e. The highest BCUT2D eigenvalue weighted by molar-refractivity contribution is 5.57. The molecule has 0 spiro atoms. The molecular weight excluding hydrogens is 353 g/mol. The van der Waals surface area contributed by atoms with E-state index in [9.17, 15) is 13.2 Å². The van der Waals surface area contributed by atoms with Crippen molar-refractivity contribution < 1.29 is 27.4 Å². The van der Waals surface area contributed by atoms with E-state index in [-0.39, 0.29) is 5.06 Å². The van der Waals surface area contributed by atoms with Gasteiger partial charge in [-0.25, -0.2) is 5.06 Å². The summed E-state index contributed by atoms with van der Waals surface area (Å²) in [5, 5.41) is 7.88. The third-order valence-electron chi connectivity index (χ3n) is 3.68. The zero-order valence-electron chi connectivity index (χ0n) is 14.2. The Morgan fingerprint density at radius 1 is 1.15 bits per heavy atom. The van der Waals surface area contributed by atoms with Crippen LogP contribution >= 0.6 is 0 Å². The number of halogens is 3. The van der Waals surface area contributed by atoms with Crippen LogP contribution in [0, 0.1) is 13.8 Å². The van der Waals surface area contributed by atoms with Crippen LogP contribution in [-0.2, 0) is 11.4 Å². The van der Waals surface area contributed by atoms with Crippen molar-refractivity contribution in [3.05, 3.63) is 47.6 Å². The van der Waals surface area contributed by atoms with Gasteiger partial charge in [-0.1, -0.05) is 0 Å². The minimum Gasteiger partial charge on any atom is -0.493 e. The number of alkyl halides is 3. The molecule has 3 rings (SSSR count). The first-order valence-electron chi connectivity index (χ1n) is 7.86. The van der Waals surface area contributed by atoms with E-state index >= 15 is 0 Å². The van der Waals surface area contributed by atoms with Crippen molar-refractivity contribution in [2.45, 2.75) is 33.0 Å². The summed E-state index contributed by atoms with van der Waals surface area (Å²) in [6, 6.07) is 3.40. The average molecular weight is 370 g/mol. The van der Waals surface area contributed by atoms with E-state index in [0.29, 0.717) is 30.2 Å². The van der Waals surface area contributed by atoms with Gasteiger partial charge in [0.15, 0.2) is 5.76 Å². The number of hydroxylamine groups is 3. The van der Waals surface area contributed by atoms with Crippen LogP contribution in [0.5, 0.6) is 5.75 Å². The molecule has 7 nitrogen and oxygen atoms in total. The quantitative estimate of drug-likeness (QED) is 0.568. The Balaban J connectivity index is 1.61. The number of anilines is 1. The summed E-state index contributed by atoms with van der Waals surface area (Å²) in [6.07, 6.45) is 0.344. The van der Waals surface area contributed by atoms with Gasteiger partial charge in [0.25, 0.3) is 0 Å². The summed E-state index contributed by atoms with van der Waals surface area (Å²) < 4.78 is 48.6. The summed E-state index contributed by atoms with van der Waals surface area (Å²) in [4.78, 5) is 4.77. The Hall–Kier alpha value is -2.75. The van der Waals surface area contributed by atoms with E-state index in [1.807, 2.05) is 13.8 Å². The Kier molecular flexibility index (Phi) is 5.03. The van der Waals surface area contributed by atoms with Crippen LogP contribution in [0.3, 0.4) is 0 Å². The van der Waals surface area contributed by atoms with E-state index in [2.05, 4.69) is 10.4 Å². The molecule has 1 aliphatic rings. The number of benzene rings is 1. The zero-order valence-corrected chi connectivity index (χ0v) is 14.2. The largest absolute Gasteiger partial charge is 0.509 e. The minimum atomic E-state index is -4.60. The van der Waals surface area contributed by atoms with Crippen LogP contribution in [0.4, 0.5) is 18.9 Å². The lowest BCUT2D eigenvalue weighted by molar-refractivity contribution is -0.341. The number of rotatable bonds is 6. The summed E-state index contributed by atoms with van der Waals surface area (Å²) in [5.41, 5.74) is 2.07. The second-order valence-electron chi connectivity index (χ2n) is 5.74. The molecule has 0 saturated carbocycles. The molecule has 0 N–H and O–H groups in total. The van der Waals surface area contributed by atoms with Crippen molar-refractivity contribution in [3.63, 3.8) is 0 Å². The van der Waals surface area contributed by atoms with Gasteiger partial charge in [-0.15, -0.1) is 28.3 Å². The third kappa shape index (κ3) is 4.07. The monoisotopic (exact) mass is 370 g/mol. The topological polar surface area (TPSA) is 63.9 Å². The summed E-state index contributed by atoms with van der Waals surface area (Å²) in [7, 11) is 0. The number of aryl methyl sites for hydroxylation is 3. The molecule has 0 unspecified atom stereocenters. The maximum Gasteiger partial charge on any atom is 0.509 e. The normalized spacial score (nSPS) is 14.3. The van der Waals surface area contributed by atoms with Gasteiger partial charge in [-0.2, -0.15) is 0 Å². The van der Waals surface area contributed by atoms with Gasteiger partial charge in [0.05, 0.1) is 30.9 Å². The highest BCUT2D eigenvalue weighted by Gasteiger charge is 2.40. The van der Waals surface area contributed by atoms with Gasteiger partial charge in [-0.3, -0.25) is 0 Å². The minimum absolute atomic E-state index is 0.166. The average Bonchev–Trinajstić information content (AvgIpc) is 3.24. The van der Waals surface area contributed by atoms with Crippen LogP contribution in [0.1, 0.15) is 23.3 Å². The fourth-order valence-electron chi connectivity index (χ4n) is 2.54. The first-order valence-corrected chi connectivity index (χ1v) is 7.86. The van der Waals surface area contributed by atoms with E-state index in [4.69, 9.17) is 14.2 Å². The molecule has 2 aromatic rings. The number of nitrogens with zero attached hydrogens (tertiary/aromatic N) is 4. The highest BCUT2D eigenvalue weighted by atomic mass is 19.4. The summed E-state index contributed by atoms with van der Waals surface area (Å²) >= 11 is 0. The van der Waals surface area contributed by atoms with Gasteiger partial charge in [-0.05, 0) is 43.5 Å². The van der Waals surface area contributed by atoms with Gasteiger partial charge >= 0.3 is 6.30 Å². The molecule has 140 valence electrons. The molecule has 0 radical (unpaired) electrons. The van der Waals surface area contributed by atoms with E-state index < -0.39 is 6.30 Å². The molecular formula is C16H17F3N4O3. The van der Waals surface area contributed by atoms with Crippen LogP contribution in [0.2, 0.25) is 0 Å². The van der Waals surface area contributed by atoms with Gasteiger partial charge in [0, 0.05) is 11.7 Å². The highest BCUT2D eigenvalue weighted by Crippen LogP contribution is 2.33. The van der Waals surface area contributed by atoms with Crippen molar-refractivity contribution in [3.8, 4) is 5.75 Å². The Bertz CT molecular complexity index is 755. The van der Waals surface area contributed by atoms with E-state index in [0.717, 1.165) is 28.8 Å². The predicted octanol–water partition coefficient (Wildman–Crippen LogP) is 3.66. The molecule has 0 bridgehead atoms. The second kappa shape index (κ2) is 7.24.